The van der Waals surface area contributed by atoms with Crippen LogP contribution in [0.2, 0.25) is 0 Å². The van der Waals surface area contributed by atoms with Crippen molar-refractivity contribution >= 4 is 23.6 Å². The number of rotatable bonds is 2. The zero-order valence-corrected chi connectivity index (χ0v) is 10.9. The van der Waals surface area contributed by atoms with Crippen molar-refractivity contribution in [1.29, 1.82) is 0 Å². The van der Waals surface area contributed by atoms with Gasteiger partial charge in [-0.25, -0.2) is 4.99 Å². The van der Waals surface area contributed by atoms with Crippen LogP contribution in [0.25, 0.3) is 0 Å². The van der Waals surface area contributed by atoms with E-state index >= 15 is 0 Å². The van der Waals surface area contributed by atoms with E-state index in [0.29, 0.717) is 11.5 Å². The molecule has 1 aliphatic heterocycles. The normalized spacial score (nSPS) is 15.9. The first-order valence-electron chi connectivity index (χ1n) is 6.28. The Bertz CT molecular complexity index is 762. The van der Waals surface area contributed by atoms with Gasteiger partial charge in [-0.15, -0.1) is 0 Å². The van der Waals surface area contributed by atoms with E-state index in [-0.39, 0.29) is 11.5 Å². The smallest absolute Gasteiger partial charge is 0.253 e. The molecule has 0 fully saturated rings. The van der Waals surface area contributed by atoms with Gasteiger partial charge in [-0.3, -0.25) is 14.2 Å². The molecule has 20 heavy (non-hydrogen) atoms. The predicted octanol–water partition coefficient (Wildman–Crippen LogP) is 2.05. The number of aryl methyl sites for hydroxylation is 1. The highest BCUT2D eigenvalue weighted by Crippen LogP contribution is 2.22. The number of nitrogens with zero attached hydrogens (tertiary/aromatic N) is 2. The average Bonchev–Trinajstić information content (AvgIpc) is 2.84. The van der Waals surface area contributed by atoms with Crippen LogP contribution in [0.5, 0.6) is 0 Å². The lowest BCUT2D eigenvalue weighted by molar-refractivity contribution is -0.117. The van der Waals surface area contributed by atoms with Gasteiger partial charge in [-0.1, -0.05) is 18.2 Å². The summed E-state index contributed by atoms with van der Waals surface area (Å²) in [5.41, 5.74) is 1.53. The summed E-state index contributed by atoms with van der Waals surface area (Å²) in [7, 11) is 0. The van der Waals surface area contributed by atoms with E-state index in [4.69, 9.17) is 0 Å². The van der Waals surface area contributed by atoms with Crippen molar-refractivity contribution in [2.45, 2.75) is 13.0 Å². The summed E-state index contributed by atoms with van der Waals surface area (Å²) in [5, 5.41) is 2.80. The zero-order chi connectivity index (χ0) is 14.1. The van der Waals surface area contributed by atoms with Crippen LogP contribution >= 0.6 is 0 Å². The Kier molecular flexibility index (Phi) is 2.95. The third-order valence-corrected chi connectivity index (χ3v) is 3.15. The van der Waals surface area contributed by atoms with Crippen LogP contribution in [0.3, 0.4) is 0 Å². The Hall–Kier alpha value is -2.69. The molecule has 1 amide bonds. The van der Waals surface area contributed by atoms with E-state index in [1.165, 1.54) is 16.8 Å². The number of fused-ring (bicyclic) bond motifs is 1. The average molecular weight is 267 g/mol. The van der Waals surface area contributed by atoms with Crippen LogP contribution in [0.4, 0.5) is 11.5 Å². The molecule has 0 saturated heterocycles. The maximum absolute atomic E-state index is 12.3. The van der Waals surface area contributed by atoms with Gasteiger partial charge in [0.05, 0.1) is 0 Å². The highest BCUT2D eigenvalue weighted by molar-refractivity contribution is 6.05. The molecule has 0 spiro atoms. The van der Waals surface area contributed by atoms with E-state index in [9.17, 15) is 9.59 Å². The molecule has 1 aliphatic rings. The highest BCUT2D eigenvalue weighted by atomic mass is 16.2. The minimum Gasteiger partial charge on any atom is -0.324 e. The number of carbonyl (C=O) groups excluding carboxylic acids is 1. The zero-order valence-electron chi connectivity index (χ0n) is 10.9. The van der Waals surface area contributed by atoms with Crippen molar-refractivity contribution in [3.8, 4) is 0 Å². The highest BCUT2D eigenvalue weighted by Gasteiger charge is 2.25. The molecule has 1 atom stereocenters. The van der Waals surface area contributed by atoms with Crippen molar-refractivity contribution in [1.82, 2.24) is 4.57 Å². The summed E-state index contributed by atoms with van der Waals surface area (Å²) in [5.74, 6) is 0.230. The Balaban J connectivity index is 1.88. The van der Waals surface area contributed by atoms with Gasteiger partial charge in [0.15, 0.2) is 6.04 Å². The summed E-state index contributed by atoms with van der Waals surface area (Å²) in [6, 6.07) is 11.6. The predicted molar refractivity (Wildman–Crippen MR) is 77.7 cm³/mol. The molecule has 100 valence electrons. The number of aromatic nitrogens is 1. The van der Waals surface area contributed by atoms with Crippen molar-refractivity contribution in [2.75, 3.05) is 5.32 Å². The fourth-order valence-electron chi connectivity index (χ4n) is 2.21. The van der Waals surface area contributed by atoms with Gasteiger partial charge < -0.3 is 5.32 Å². The first-order valence-corrected chi connectivity index (χ1v) is 6.28. The van der Waals surface area contributed by atoms with Crippen LogP contribution < -0.4 is 10.9 Å². The Morgan fingerprint density at radius 2 is 2.05 bits per heavy atom. The lowest BCUT2D eigenvalue weighted by Crippen LogP contribution is -2.31. The molecule has 2 aromatic rings. The van der Waals surface area contributed by atoms with Gasteiger partial charge in [0.1, 0.15) is 5.82 Å². The number of carbonyl (C=O) groups is 1. The number of hydrogen-bond acceptors (Lipinski definition) is 3. The number of hydrogen-bond donors (Lipinski definition) is 1. The van der Waals surface area contributed by atoms with Crippen LogP contribution in [-0.4, -0.2) is 16.7 Å². The molecule has 1 aromatic heterocycles. The molecule has 3 rings (SSSR count). The molecule has 0 radical (unpaired) electrons. The second-order valence-corrected chi connectivity index (χ2v) is 4.67. The molecular formula is C15H13N3O2. The van der Waals surface area contributed by atoms with Crippen molar-refractivity contribution in [2.24, 2.45) is 4.99 Å². The fraction of sp³-hybridized carbons (Fsp3) is 0.133. The van der Waals surface area contributed by atoms with E-state index < -0.39 is 6.04 Å². The molecule has 0 saturated carbocycles. The van der Waals surface area contributed by atoms with Crippen molar-refractivity contribution in [3.63, 3.8) is 0 Å². The molecule has 1 N–H and O–H groups in total. The second kappa shape index (κ2) is 4.77. The largest absolute Gasteiger partial charge is 0.324 e. The number of pyridine rings is 1. The van der Waals surface area contributed by atoms with Crippen LogP contribution in [0, 0.1) is 6.92 Å². The Labute approximate surface area is 115 Å². The molecule has 2 heterocycles. The molecule has 0 bridgehead atoms. The van der Waals surface area contributed by atoms with Gasteiger partial charge in [-0.2, -0.15) is 0 Å². The van der Waals surface area contributed by atoms with Crippen molar-refractivity contribution in [3.05, 3.63) is 58.4 Å². The lowest BCUT2D eigenvalue weighted by Gasteiger charge is -2.13. The van der Waals surface area contributed by atoms with Crippen LogP contribution in [-0.2, 0) is 4.79 Å². The monoisotopic (exact) mass is 267 g/mol. The van der Waals surface area contributed by atoms with Crippen molar-refractivity contribution < 1.29 is 4.79 Å². The maximum Gasteiger partial charge on any atom is 0.253 e. The maximum atomic E-state index is 12.3. The summed E-state index contributed by atoms with van der Waals surface area (Å²) in [6.45, 7) is 1.95. The minimum absolute atomic E-state index is 0.232. The van der Waals surface area contributed by atoms with Gasteiger partial charge in [-0.05, 0) is 30.7 Å². The number of anilines is 1. The first-order chi connectivity index (χ1) is 9.65. The third-order valence-electron chi connectivity index (χ3n) is 3.15. The standard InChI is InChI=1S/C15H13N3O2/c1-10-4-2-5-11(8-10)17-15(20)12-9-16-13-6-3-7-14(19)18(12)13/h2-9,12H,1H3,(H,17,20). The number of amides is 1. The van der Waals surface area contributed by atoms with Gasteiger partial charge >= 0.3 is 0 Å². The lowest BCUT2D eigenvalue weighted by atomic mass is 10.2. The minimum atomic E-state index is -0.695. The Morgan fingerprint density at radius 1 is 1.25 bits per heavy atom. The topological polar surface area (TPSA) is 63.5 Å². The quantitative estimate of drug-likeness (QED) is 0.905. The van der Waals surface area contributed by atoms with Crippen LogP contribution in [0.15, 0.2) is 52.3 Å². The number of nitrogens with one attached hydrogen (secondary N) is 1. The second-order valence-electron chi connectivity index (χ2n) is 4.67. The van der Waals surface area contributed by atoms with Gasteiger partial charge in [0.25, 0.3) is 11.5 Å². The molecular weight excluding hydrogens is 254 g/mol. The van der Waals surface area contributed by atoms with Gasteiger partial charge in [0, 0.05) is 18.0 Å². The molecule has 5 nitrogen and oxygen atoms in total. The summed E-state index contributed by atoms with van der Waals surface area (Å²) in [4.78, 5) is 28.2. The van der Waals surface area contributed by atoms with Gasteiger partial charge in [0.2, 0.25) is 0 Å². The molecule has 0 aliphatic carbocycles. The summed E-state index contributed by atoms with van der Waals surface area (Å²) in [6.07, 6.45) is 1.49. The van der Waals surface area contributed by atoms with Crippen LogP contribution in [0.1, 0.15) is 11.6 Å². The summed E-state index contributed by atoms with van der Waals surface area (Å²) < 4.78 is 1.38. The fourth-order valence-corrected chi connectivity index (χ4v) is 2.21. The SMILES string of the molecule is Cc1cccc(NC(=O)C2C=Nc3cccc(=O)n32)c1. The van der Waals surface area contributed by atoms with E-state index in [1.807, 2.05) is 31.2 Å². The van der Waals surface area contributed by atoms with E-state index in [1.54, 1.807) is 12.1 Å². The van der Waals surface area contributed by atoms with E-state index in [0.717, 1.165) is 5.56 Å². The Morgan fingerprint density at radius 3 is 2.85 bits per heavy atom. The molecule has 1 aromatic carbocycles. The molecule has 5 heteroatoms. The molecule has 1 unspecified atom stereocenters. The number of aliphatic imine (C=N–C) groups is 1. The summed E-state index contributed by atoms with van der Waals surface area (Å²) >= 11 is 0. The first kappa shape index (κ1) is 12.3. The third kappa shape index (κ3) is 2.14. The number of benzene rings is 1. The van der Waals surface area contributed by atoms with E-state index in [2.05, 4.69) is 10.3 Å².